The molecule has 2 heterocycles. The summed E-state index contributed by atoms with van der Waals surface area (Å²) >= 11 is 1.72. The largest absolute Gasteiger partial charge is 0.493 e. The number of benzene rings is 1. The van der Waals surface area contributed by atoms with Crippen LogP contribution in [0.15, 0.2) is 29.6 Å². The molecule has 1 amide bonds. The molecule has 0 fully saturated rings. The highest BCUT2D eigenvalue weighted by atomic mass is 32.1. The number of methoxy groups -OCH3 is 2. The van der Waals surface area contributed by atoms with E-state index in [0.29, 0.717) is 6.54 Å². The number of nitrogens with zero attached hydrogens (tertiary/aromatic N) is 1. The highest BCUT2D eigenvalue weighted by Crippen LogP contribution is 2.41. The van der Waals surface area contributed by atoms with Crippen molar-refractivity contribution in [1.82, 2.24) is 10.2 Å². The van der Waals surface area contributed by atoms with Gasteiger partial charge in [-0.05, 0) is 47.5 Å². The van der Waals surface area contributed by atoms with Gasteiger partial charge in [-0.3, -0.25) is 9.69 Å². The van der Waals surface area contributed by atoms with E-state index in [0.717, 1.165) is 37.4 Å². The second kappa shape index (κ2) is 8.56. The van der Waals surface area contributed by atoms with Crippen LogP contribution in [-0.4, -0.2) is 44.7 Å². The number of rotatable bonds is 7. The van der Waals surface area contributed by atoms with Gasteiger partial charge in [0.1, 0.15) is 0 Å². The molecule has 1 aromatic carbocycles. The SMILES string of the molecule is CCCNC(=O)CN1CCc2cc(OC)c(OC)cc2[C@@H]1c1cccs1. The van der Waals surface area contributed by atoms with Gasteiger partial charge in [0.25, 0.3) is 0 Å². The second-order valence-electron chi connectivity index (χ2n) is 6.39. The third-order valence-corrected chi connectivity index (χ3v) is 5.63. The molecule has 0 saturated carbocycles. The molecule has 0 radical (unpaired) electrons. The standard InChI is InChI=1S/C20H26N2O3S/c1-4-8-21-19(23)13-22-9-7-14-11-16(24-2)17(25-3)12-15(14)20(22)18-6-5-10-26-18/h5-6,10-12,20H,4,7-9,13H2,1-3H3,(H,21,23)/t20-/m1/s1. The molecule has 1 aliphatic rings. The Balaban J connectivity index is 1.96. The predicted octanol–water partition coefficient (Wildman–Crippen LogP) is 3.24. The Labute approximate surface area is 158 Å². The summed E-state index contributed by atoms with van der Waals surface area (Å²) in [5, 5.41) is 5.07. The maximum atomic E-state index is 12.3. The van der Waals surface area contributed by atoms with Crippen LogP contribution < -0.4 is 14.8 Å². The van der Waals surface area contributed by atoms with Crippen molar-refractivity contribution in [2.75, 3.05) is 33.9 Å². The minimum absolute atomic E-state index is 0.0610. The topological polar surface area (TPSA) is 50.8 Å². The van der Waals surface area contributed by atoms with E-state index in [1.807, 2.05) is 0 Å². The molecule has 0 unspecified atom stereocenters. The number of carbonyl (C=O) groups excluding carboxylic acids is 1. The molecule has 0 aliphatic carbocycles. The molecule has 0 bridgehead atoms. The number of carbonyl (C=O) groups is 1. The number of nitrogens with one attached hydrogen (secondary N) is 1. The van der Waals surface area contributed by atoms with Gasteiger partial charge in [0.15, 0.2) is 11.5 Å². The van der Waals surface area contributed by atoms with Crippen LogP contribution in [0.5, 0.6) is 11.5 Å². The summed E-state index contributed by atoms with van der Waals surface area (Å²) in [4.78, 5) is 15.8. The minimum atomic E-state index is 0.0610. The summed E-state index contributed by atoms with van der Waals surface area (Å²) in [7, 11) is 3.32. The molecule has 1 atom stereocenters. The van der Waals surface area contributed by atoms with Crippen LogP contribution in [-0.2, 0) is 11.2 Å². The second-order valence-corrected chi connectivity index (χ2v) is 7.37. The number of ether oxygens (including phenoxy) is 2. The van der Waals surface area contributed by atoms with Crippen LogP contribution >= 0.6 is 11.3 Å². The van der Waals surface area contributed by atoms with Crippen molar-refractivity contribution < 1.29 is 14.3 Å². The Morgan fingerprint density at radius 3 is 2.73 bits per heavy atom. The van der Waals surface area contributed by atoms with E-state index in [2.05, 4.69) is 46.8 Å². The van der Waals surface area contributed by atoms with Gasteiger partial charge < -0.3 is 14.8 Å². The lowest BCUT2D eigenvalue weighted by atomic mass is 9.91. The summed E-state index contributed by atoms with van der Waals surface area (Å²) in [6.45, 7) is 4.02. The molecule has 0 saturated heterocycles. The molecule has 140 valence electrons. The van der Waals surface area contributed by atoms with Gasteiger partial charge in [-0.2, -0.15) is 0 Å². The number of amides is 1. The van der Waals surface area contributed by atoms with Gasteiger partial charge in [0, 0.05) is 18.0 Å². The van der Waals surface area contributed by atoms with E-state index in [1.165, 1.54) is 16.0 Å². The van der Waals surface area contributed by atoms with Crippen LogP contribution in [0, 0.1) is 0 Å². The Morgan fingerprint density at radius 2 is 2.08 bits per heavy atom. The Kier molecular flexibility index (Phi) is 6.16. The molecule has 1 aromatic heterocycles. The minimum Gasteiger partial charge on any atom is -0.493 e. The smallest absolute Gasteiger partial charge is 0.234 e. The summed E-state index contributed by atoms with van der Waals surface area (Å²) in [5.74, 6) is 1.56. The summed E-state index contributed by atoms with van der Waals surface area (Å²) < 4.78 is 11.0. The third kappa shape index (κ3) is 3.86. The Morgan fingerprint density at radius 1 is 1.31 bits per heavy atom. The maximum Gasteiger partial charge on any atom is 0.234 e. The molecule has 0 spiro atoms. The lowest BCUT2D eigenvalue weighted by Crippen LogP contribution is -2.43. The fraction of sp³-hybridized carbons (Fsp3) is 0.450. The van der Waals surface area contributed by atoms with Crippen molar-refractivity contribution in [2.24, 2.45) is 0 Å². The Hall–Kier alpha value is -2.05. The van der Waals surface area contributed by atoms with E-state index >= 15 is 0 Å². The van der Waals surface area contributed by atoms with E-state index in [4.69, 9.17) is 9.47 Å². The zero-order valence-corrected chi connectivity index (χ0v) is 16.4. The van der Waals surface area contributed by atoms with E-state index in [1.54, 1.807) is 25.6 Å². The fourth-order valence-corrected chi connectivity index (χ4v) is 4.33. The van der Waals surface area contributed by atoms with E-state index in [-0.39, 0.29) is 11.9 Å². The number of hydrogen-bond donors (Lipinski definition) is 1. The van der Waals surface area contributed by atoms with Crippen LogP contribution in [0.25, 0.3) is 0 Å². The first-order valence-corrected chi connectivity index (χ1v) is 9.84. The van der Waals surface area contributed by atoms with Crippen molar-refractivity contribution >= 4 is 17.2 Å². The first kappa shape index (κ1) is 18.7. The molecule has 1 N–H and O–H groups in total. The zero-order chi connectivity index (χ0) is 18.5. The summed E-state index contributed by atoms with van der Waals surface area (Å²) in [6.07, 6.45) is 1.83. The fourth-order valence-electron chi connectivity index (χ4n) is 3.45. The molecule has 1 aliphatic heterocycles. The summed E-state index contributed by atoms with van der Waals surface area (Å²) in [6, 6.07) is 8.39. The molecule has 6 heteroatoms. The normalized spacial score (nSPS) is 16.8. The first-order chi connectivity index (χ1) is 12.7. The number of fused-ring (bicyclic) bond motifs is 1. The average molecular weight is 375 g/mol. The van der Waals surface area contributed by atoms with Gasteiger partial charge in [-0.1, -0.05) is 13.0 Å². The monoisotopic (exact) mass is 374 g/mol. The lowest BCUT2D eigenvalue weighted by molar-refractivity contribution is -0.122. The van der Waals surface area contributed by atoms with E-state index < -0.39 is 0 Å². The highest BCUT2D eigenvalue weighted by molar-refractivity contribution is 7.10. The average Bonchev–Trinajstić information content (AvgIpc) is 3.19. The van der Waals surface area contributed by atoms with Crippen LogP contribution in [0.3, 0.4) is 0 Å². The van der Waals surface area contributed by atoms with Crippen molar-refractivity contribution in [3.8, 4) is 11.5 Å². The number of thiophene rings is 1. The number of hydrogen-bond acceptors (Lipinski definition) is 5. The van der Waals surface area contributed by atoms with Crippen LogP contribution in [0.4, 0.5) is 0 Å². The first-order valence-electron chi connectivity index (χ1n) is 8.96. The van der Waals surface area contributed by atoms with Crippen molar-refractivity contribution in [3.05, 3.63) is 45.6 Å². The van der Waals surface area contributed by atoms with Gasteiger partial charge >= 0.3 is 0 Å². The van der Waals surface area contributed by atoms with E-state index in [9.17, 15) is 4.79 Å². The molecule has 2 aromatic rings. The van der Waals surface area contributed by atoms with Gasteiger partial charge in [0.05, 0.1) is 26.8 Å². The van der Waals surface area contributed by atoms with Crippen LogP contribution in [0.2, 0.25) is 0 Å². The van der Waals surface area contributed by atoms with Crippen molar-refractivity contribution in [2.45, 2.75) is 25.8 Å². The third-order valence-electron chi connectivity index (χ3n) is 4.71. The molecule has 3 rings (SSSR count). The summed E-state index contributed by atoms with van der Waals surface area (Å²) in [5.41, 5.74) is 2.45. The van der Waals surface area contributed by atoms with Crippen LogP contribution in [0.1, 0.15) is 35.4 Å². The quantitative estimate of drug-likeness (QED) is 0.808. The Bertz CT molecular complexity index is 746. The van der Waals surface area contributed by atoms with Crippen molar-refractivity contribution in [3.63, 3.8) is 0 Å². The molecular weight excluding hydrogens is 348 g/mol. The highest BCUT2D eigenvalue weighted by Gasteiger charge is 2.32. The molecular formula is C20H26N2O3S. The van der Waals surface area contributed by atoms with Gasteiger partial charge in [0.2, 0.25) is 5.91 Å². The van der Waals surface area contributed by atoms with Gasteiger partial charge in [-0.25, -0.2) is 0 Å². The zero-order valence-electron chi connectivity index (χ0n) is 15.6. The lowest BCUT2D eigenvalue weighted by Gasteiger charge is -2.37. The maximum absolute atomic E-state index is 12.3. The van der Waals surface area contributed by atoms with Crippen molar-refractivity contribution in [1.29, 1.82) is 0 Å². The molecule has 26 heavy (non-hydrogen) atoms. The van der Waals surface area contributed by atoms with Gasteiger partial charge in [-0.15, -0.1) is 11.3 Å². The molecule has 5 nitrogen and oxygen atoms in total. The predicted molar refractivity (Wildman–Crippen MR) is 104 cm³/mol.